The van der Waals surface area contributed by atoms with E-state index in [4.69, 9.17) is 16.8 Å². The summed E-state index contributed by atoms with van der Waals surface area (Å²) in [6.45, 7) is 8.67. The number of benzene rings is 5. The summed E-state index contributed by atoms with van der Waals surface area (Å²) in [5.41, 5.74) is 1.94. The minimum Gasteiger partial charge on any atom is -0.500 e. The van der Waals surface area contributed by atoms with Crippen molar-refractivity contribution in [2.75, 3.05) is 0 Å². The van der Waals surface area contributed by atoms with Crippen LogP contribution < -0.4 is 5.19 Å². The molecule has 0 spiro atoms. The number of hydrogen-bond donors (Lipinski definition) is 0. The molecule has 8 heteroatoms. The van der Waals surface area contributed by atoms with Crippen molar-refractivity contribution in [1.82, 2.24) is 9.97 Å². The van der Waals surface area contributed by atoms with Crippen LogP contribution >= 0.6 is 0 Å². The smallest absolute Gasteiger partial charge is 0.390 e. The molecule has 1 radical (unpaired) electrons. The monoisotopic (exact) mass is 1030 g/mol. The quantitative estimate of drug-likeness (QED) is 0.118. The number of aryl methyl sites for hydroxylation is 2. The van der Waals surface area contributed by atoms with E-state index < -0.39 is 45.2 Å². The molecule has 0 fully saturated rings. The zero-order valence-corrected chi connectivity index (χ0v) is 39.2. The molecule has 8 aromatic rings. The second kappa shape index (κ2) is 17.9. The molecule has 3 nitrogen and oxygen atoms in total. The molecule has 0 atom stereocenters. The van der Waals surface area contributed by atoms with Crippen molar-refractivity contribution in [3.8, 4) is 44.8 Å². The summed E-state index contributed by atoms with van der Waals surface area (Å²) in [6.07, 6.45) is -3.22. The van der Waals surface area contributed by atoms with Gasteiger partial charge in [0.25, 0.3) is 0 Å². The predicted molar refractivity (Wildman–Crippen MR) is 250 cm³/mol. The number of nitrogens with zero attached hydrogens (tertiary/aromatic N) is 2. The first-order valence-electron chi connectivity index (χ1n) is 24.5. The van der Waals surface area contributed by atoms with Crippen LogP contribution in [0.25, 0.3) is 66.7 Å². The van der Waals surface area contributed by atoms with Crippen molar-refractivity contribution in [2.45, 2.75) is 85.9 Å². The van der Waals surface area contributed by atoms with E-state index in [1.54, 1.807) is 32.9 Å². The Hall–Kier alpha value is -5.14. The first kappa shape index (κ1) is 35.3. The number of fused-ring (bicyclic) bond motifs is 3. The van der Waals surface area contributed by atoms with Crippen molar-refractivity contribution in [3.05, 3.63) is 162 Å². The SMILES string of the molecule is CC(C)(c1c[c-]c(-c2ccc([Si](C)(C)C)cn2)cc1)C(F)(F)F.[2H]c1cc(C([2H])([2H])C(C)(C)C)cc(C([2H])([2H])[2H])c1-c1cc(-c2[c-]ccc3c2oc2c(-c4ccccc4)cccc23)ncc1C([2H])([2H])[2H].[Ir]. The van der Waals surface area contributed by atoms with Crippen LogP contribution in [0.5, 0.6) is 0 Å². The van der Waals surface area contributed by atoms with Gasteiger partial charge in [0.2, 0.25) is 0 Å². The molecule has 0 bridgehead atoms. The van der Waals surface area contributed by atoms with E-state index >= 15 is 0 Å². The molecule has 5 aromatic carbocycles. The van der Waals surface area contributed by atoms with E-state index in [2.05, 4.69) is 47.8 Å². The third-order valence-corrected chi connectivity index (χ3v) is 12.6. The molecular weight excluding hydrogens is 970 g/mol. The third-order valence-electron chi connectivity index (χ3n) is 10.6. The van der Waals surface area contributed by atoms with Gasteiger partial charge in [-0.15, -0.1) is 53.6 Å². The van der Waals surface area contributed by atoms with Gasteiger partial charge in [-0.25, -0.2) is 0 Å². The molecule has 0 saturated heterocycles. The van der Waals surface area contributed by atoms with Gasteiger partial charge in [0.15, 0.2) is 0 Å². The molecule has 8 rings (SSSR count). The number of hydrogen-bond acceptors (Lipinski definition) is 3. The van der Waals surface area contributed by atoms with Gasteiger partial charge in [0.1, 0.15) is 5.58 Å². The summed E-state index contributed by atoms with van der Waals surface area (Å²) in [5.74, 6) is 0. The van der Waals surface area contributed by atoms with Crippen LogP contribution in [0.15, 0.2) is 132 Å². The van der Waals surface area contributed by atoms with E-state index in [0.29, 0.717) is 22.3 Å². The molecule has 0 aliphatic rings. The minimum atomic E-state index is -4.29. The third kappa shape index (κ3) is 9.89. The number of halogens is 3. The van der Waals surface area contributed by atoms with Crippen LogP contribution in [-0.4, -0.2) is 24.2 Å². The molecule has 0 unspecified atom stereocenters. The number of rotatable bonds is 7. The van der Waals surface area contributed by atoms with Gasteiger partial charge < -0.3 is 14.4 Å². The summed E-state index contributed by atoms with van der Waals surface area (Å²) in [7, 11) is -1.41. The molecule has 3 heterocycles. The van der Waals surface area contributed by atoms with E-state index in [1.165, 1.54) is 55.6 Å². The summed E-state index contributed by atoms with van der Waals surface area (Å²) >= 11 is 0. The minimum absolute atomic E-state index is 0. The first-order valence-corrected chi connectivity index (χ1v) is 23.5. The van der Waals surface area contributed by atoms with Crippen LogP contribution in [0.2, 0.25) is 19.6 Å². The van der Waals surface area contributed by atoms with Crippen LogP contribution in [0, 0.1) is 31.3 Å². The van der Waals surface area contributed by atoms with Gasteiger partial charge in [0.05, 0.1) is 20.4 Å². The largest absolute Gasteiger partial charge is 0.500 e. The summed E-state index contributed by atoms with van der Waals surface area (Å²) in [5, 5.41) is 2.92. The van der Waals surface area contributed by atoms with E-state index in [-0.39, 0.29) is 65.2 Å². The second-order valence-corrected chi connectivity index (χ2v) is 22.8. The zero-order chi connectivity index (χ0) is 51.6. The Morgan fingerprint density at radius 1 is 0.726 bits per heavy atom. The molecule has 0 amide bonds. The van der Waals surface area contributed by atoms with Gasteiger partial charge in [-0.05, 0) is 75.4 Å². The van der Waals surface area contributed by atoms with Crippen LogP contribution in [0.1, 0.15) is 69.2 Å². The maximum absolute atomic E-state index is 13.1. The van der Waals surface area contributed by atoms with Crippen LogP contribution in [0.4, 0.5) is 13.2 Å². The van der Waals surface area contributed by atoms with Crippen molar-refractivity contribution in [3.63, 3.8) is 0 Å². The molecule has 0 saturated carbocycles. The number of pyridine rings is 2. The number of aromatic nitrogens is 2. The average Bonchev–Trinajstić information content (AvgIpc) is 3.67. The van der Waals surface area contributed by atoms with E-state index in [9.17, 15) is 13.2 Å². The Kier molecular flexibility index (Phi) is 10.2. The standard InChI is InChI=1S/C36H32NO.C18H21F3NSi.Ir/c1-23-19-25(21-36(3,4)5)17-18-27(23)32-20-33(37-22-24(32)2)31-16-10-15-30-29-14-9-13-28(34(29)38-35(30)31)26-11-7-6-8-12-26;1-17(2,18(19,20)21)14-8-6-13(7-9-14)16-11-10-15(12-22-16)23(3,4)5;/h6-15,17-20,22H,21H2,1-5H3;6,8-12H,1-5H3;/q2*-1;/i1D3,2D3,18D,21D2;;. The second-order valence-electron chi connectivity index (χ2n) is 17.7. The van der Waals surface area contributed by atoms with Crippen molar-refractivity contribution >= 4 is 35.2 Å². The molecule has 0 N–H and O–H groups in total. The maximum atomic E-state index is 13.1. The fourth-order valence-electron chi connectivity index (χ4n) is 6.96. The van der Waals surface area contributed by atoms with Crippen molar-refractivity contribution in [2.24, 2.45) is 5.41 Å². The Morgan fingerprint density at radius 3 is 2.08 bits per heavy atom. The molecular formula is C54H53F3IrN2OSi-2. The Labute approximate surface area is 391 Å². The molecule has 3 aromatic heterocycles. The van der Waals surface area contributed by atoms with E-state index in [0.717, 1.165) is 27.6 Å². The number of para-hydroxylation sites is 1. The summed E-state index contributed by atoms with van der Waals surface area (Å²) in [4.78, 5) is 8.94. The first-order chi connectivity index (χ1) is 32.3. The fraction of sp³-hybridized carbons (Fsp3) is 0.259. The number of alkyl halides is 3. The topological polar surface area (TPSA) is 38.9 Å². The van der Waals surface area contributed by atoms with E-state index in [1.807, 2.05) is 66.9 Å². The summed E-state index contributed by atoms with van der Waals surface area (Å²) < 4.78 is 122. The normalized spacial score (nSPS) is 15.0. The zero-order valence-electron chi connectivity index (χ0n) is 44.8. The van der Waals surface area contributed by atoms with Crippen LogP contribution in [0.3, 0.4) is 0 Å². The van der Waals surface area contributed by atoms with Crippen LogP contribution in [-0.2, 0) is 31.9 Å². The van der Waals surface area contributed by atoms with Gasteiger partial charge in [-0.3, -0.25) is 0 Å². The maximum Gasteiger partial charge on any atom is 0.390 e. The van der Waals surface area contributed by atoms with Gasteiger partial charge in [-0.1, -0.05) is 150 Å². The van der Waals surface area contributed by atoms with Crippen molar-refractivity contribution in [1.29, 1.82) is 0 Å². The van der Waals surface area contributed by atoms with Gasteiger partial charge in [-0.2, -0.15) is 13.2 Å². The molecule has 0 aliphatic carbocycles. The molecule has 62 heavy (non-hydrogen) atoms. The summed E-state index contributed by atoms with van der Waals surface area (Å²) in [6, 6.07) is 37.7. The Morgan fingerprint density at radius 2 is 1.45 bits per heavy atom. The Balaban J connectivity index is 0.000000290. The molecule has 321 valence electrons. The van der Waals surface area contributed by atoms with Gasteiger partial charge in [0, 0.05) is 54.4 Å². The Bertz CT molecular complexity index is 3190. The predicted octanol–water partition coefficient (Wildman–Crippen LogP) is 14.9. The fourth-order valence-corrected chi connectivity index (χ4v) is 7.99. The van der Waals surface area contributed by atoms with Crippen molar-refractivity contribution < 1.29 is 50.0 Å². The molecule has 0 aliphatic heterocycles. The van der Waals surface area contributed by atoms with Gasteiger partial charge >= 0.3 is 6.18 Å². The average molecular weight is 1030 g/mol. The number of furan rings is 1.